The van der Waals surface area contributed by atoms with Crippen LogP contribution in [-0.4, -0.2) is 42.5 Å². The molecule has 1 amide bonds. The first-order chi connectivity index (χ1) is 12.3. The maximum Gasteiger partial charge on any atom is 0.270 e. The van der Waals surface area contributed by atoms with Gasteiger partial charge in [-0.2, -0.15) is 0 Å². The van der Waals surface area contributed by atoms with E-state index in [9.17, 15) is 23.3 Å². The zero-order chi connectivity index (χ0) is 18.9. The molecule has 1 heterocycles. The number of rotatable bonds is 4. The Labute approximate surface area is 155 Å². The number of hydrogen-bond acceptors (Lipinski definition) is 5. The van der Waals surface area contributed by atoms with Gasteiger partial charge in [-0.05, 0) is 24.6 Å². The van der Waals surface area contributed by atoms with Gasteiger partial charge in [0, 0.05) is 25.2 Å². The summed E-state index contributed by atoms with van der Waals surface area (Å²) in [6.07, 6.45) is 0.327. The second kappa shape index (κ2) is 7.05. The van der Waals surface area contributed by atoms with Crippen LogP contribution >= 0.6 is 11.6 Å². The molecule has 0 aromatic heterocycles. The highest BCUT2D eigenvalue weighted by molar-refractivity contribution is 7.92. The molecule has 136 valence electrons. The molecule has 0 bridgehead atoms. The van der Waals surface area contributed by atoms with E-state index >= 15 is 0 Å². The average molecular weight is 395 g/mol. The van der Waals surface area contributed by atoms with Crippen LogP contribution in [0.25, 0.3) is 0 Å². The summed E-state index contributed by atoms with van der Waals surface area (Å²) in [6, 6.07) is 11.7. The Bertz CT molecular complexity index is 962. The van der Waals surface area contributed by atoms with Crippen LogP contribution in [0.1, 0.15) is 16.8 Å². The number of carbonyl (C=O) groups is 1. The number of halogens is 1. The molecule has 0 aliphatic carbocycles. The number of non-ortho nitro benzene ring substituents is 1. The number of benzene rings is 2. The molecule has 9 heteroatoms. The largest absolute Gasteiger partial charge is 0.337 e. The van der Waals surface area contributed by atoms with E-state index in [0.29, 0.717) is 6.42 Å². The summed E-state index contributed by atoms with van der Waals surface area (Å²) in [7, 11) is -3.53. The molecule has 0 radical (unpaired) electrons. The third kappa shape index (κ3) is 3.42. The number of likely N-dealkylation sites (tertiary alicyclic amines) is 1. The van der Waals surface area contributed by atoms with Gasteiger partial charge in [0.25, 0.3) is 11.6 Å². The number of sulfone groups is 1. The van der Waals surface area contributed by atoms with Crippen LogP contribution in [0, 0.1) is 10.1 Å². The molecule has 3 rings (SSSR count). The molecule has 0 saturated carbocycles. The Morgan fingerprint density at radius 1 is 1.19 bits per heavy atom. The fourth-order valence-electron chi connectivity index (χ4n) is 2.93. The molecule has 0 N–H and O–H groups in total. The summed E-state index contributed by atoms with van der Waals surface area (Å²) in [5.41, 5.74) is -0.0903. The van der Waals surface area contributed by atoms with Crippen molar-refractivity contribution in [2.45, 2.75) is 16.6 Å². The Kier molecular flexibility index (Phi) is 4.97. The van der Waals surface area contributed by atoms with Crippen LogP contribution in [0.3, 0.4) is 0 Å². The van der Waals surface area contributed by atoms with Gasteiger partial charge in [-0.3, -0.25) is 14.9 Å². The minimum absolute atomic E-state index is 0.0291. The zero-order valence-corrected chi connectivity index (χ0v) is 15.1. The highest BCUT2D eigenvalue weighted by Gasteiger charge is 2.36. The molecule has 26 heavy (non-hydrogen) atoms. The summed E-state index contributed by atoms with van der Waals surface area (Å²) in [5, 5.41) is 10.0. The summed E-state index contributed by atoms with van der Waals surface area (Å²) >= 11 is 6.00. The molecule has 1 fully saturated rings. The molecule has 1 aliphatic heterocycles. The van der Waals surface area contributed by atoms with Crippen LogP contribution in [-0.2, 0) is 9.84 Å². The SMILES string of the molecule is O=C(c1ccc([N+](=O)[O-])cc1Cl)N1CCC(S(=O)(=O)c2ccccc2)C1. The van der Waals surface area contributed by atoms with Crippen molar-refractivity contribution < 1.29 is 18.1 Å². The van der Waals surface area contributed by atoms with Crippen LogP contribution in [0.5, 0.6) is 0 Å². The van der Waals surface area contributed by atoms with Crippen molar-refractivity contribution in [1.29, 1.82) is 0 Å². The smallest absolute Gasteiger partial charge is 0.270 e. The normalized spacial score (nSPS) is 17.3. The summed E-state index contributed by atoms with van der Waals surface area (Å²) in [4.78, 5) is 24.4. The maximum absolute atomic E-state index is 12.7. The topological polar surface area (TPSA) is 97.6 Å². The Balaban J connectivity index is 1.79. The third-order valence-corrected chi connectivity index (χ3v) is 6.84. The predicted octanol–water partition coefficient (Wildman–Crippen LogP) is 2.94. The zero-order valence-electron chi connectivity index (χ0n) is 13.5. The Morgan fingerprint density at radius 3 is 2.50 bits per heavy atom. The van der Waals surface area contributed by atoms with Crippen LogP contribution in [0.4, 0.5) is 5.69 Å². The van der Waals surface area contributed by atoms with Crippen LogP contribution < -0.4 is 0 Å². The van der Waals surface area contributed by atoms with E-state index in [1.54, 1.807) is 18.2 Å². The summed E-state index contributed by atoms with van der Waals surface area (Å²) in [6.45, 7) is 0.340. The number of nitrogens with zero attached hydrogens (tertiary/aromatic N) is 2. The van der Waals surface area contributed by atoms with E-state index in [2.05, 4.69) is 0 Å². The molecule has 0 spiro atoms. The first kappa shape index (κ1) is 18.3. The predicted molar refractivity (Wildman–Crippen MR) is 96.0 cm³/mol. The summed E-state index contributed by atoms with van der Waals surface area (Å²) in [5.74, 6) is -0.435. The van der Waals surface area contributed by atoms with Crippen molar-refractivity contribution in [3.05, 3.63) is 69.2 Å². The number of amides is 1. The molecule has 1 aliphatic rings. The molecular formula is C17H15ClN2O5S. The molecule has 1 atom stereocenters. The van der Waals surface area contributed by atoms with E-state index in [4.69, 9.17) is 11.6 Å². The first-order valence-corrected chi connectivity index (χ1v) is 9.75. The third-order valence-electron chi connectivity index (χ3n) is 4.34. The molecular weight excluding hydrogens is 380 g/mol. The Morgan fingerprint density at radius 2 is 1.88 bits per heavy atom. The number of carbonyl (C=O) groups excluding carboxylic acids is 1. The second-order valence-electron chi connectivity index (χ2n) is 5.94. The van der Waals surface area contributed by atoms with Gasteiger partial charge in [-0.1, -0.05) is 29.8 Å². The quantitative estimate of drug-likeness (QED) is 0.586. The van der Waals surface area contributed by atoms with E-state index in [0.717, 1.165) is 6.07 Å². The second-order valence-corrected chi connectivity index (χ2v) is 8.58. The van der Waals surface area contributed by atoms with E-state index in [1.165, 1.54) is 29.2 Å². The van der Waals surface area contributed by atoms with Gasteiger partial charge in [0.1, 0.15) is 0 Å². The van der Waals surface area contributed by atoms with Crippen molar-refractivity contribution in [2.24, 2.45) is 0 Å². The molecule has 7 nitrogen and oxygen atoms in total. The molecule has 2 aromatic carbocycles. The van der Waals surface area contributed by atoms with Crippen molar-refractivity contribution >= 4 is 33.0 Å². The fraction of sp³-hybridized carbons (Fsp3) is 0.235. The fourth-order valence-corrected chi connectivity index (χ4v) is 4.90. The van der Waals surface area contributed by atoms with Gasteiger partial charge in [0.15, 0.2) is 9.84 Å². The average Bonchev–Trinajstić information content (AvgIpc) is 3.12. The van der Waals surface area contributed by atoms with Gasteiger partial charge in [0.2, 0.25) is 0 Å². The number of nitro benzene ring substituents is 1. The van der Waals surface area contributed by atoms with Gasteiger partial charge < -0.3 is 4.90 Å². The molecule has 1 unspecified atom stereocenters. The molecule has 2 aromatic rings. The standard InChI is InChI=1S/C17H15ClN2O5S/c18-16-10-12(20(22)23)6-7-15(16)17(21)19-9-8-14(11-19)26(24,25)13-4-2-1-3-5-13/h1-7,10,14H,8-9,11H2. The van der Waals surface area contributed by atoms with Gasteiger partial charge >= 0.3 is 0 Å². The Hall–Kier alpha value is -2.45. The lowest BCUT2D eigenvalue weighted by molar-refractivity contribution is -0.384. The maximum atomic E-state index is 12.7. The lowest BCUT2D eigenvalue weighted by Gasteiger charge is -2.17. The number of nitro groups is 1. The van der Waals surface area contributed by atoms with E-state index in [-0.39, 0.29) is 34.3 Å². The minimum atomic E-state index is -3.53. The van der Waals surface area contributed by atoms with Crippen LogP contribution in [0.2, 0.25) is 5.02 Å². The van der Waals surface area contributed by atoms with Crippen molar-refractivity contribution in [3.8, 4) is 0 Å². The highest BCUT2D eigenvalue weighted by Crippen LogP contribution is 2.28. The van der Waals surface area contributed by atoms with E-state index in [1.807, 2.05) is 0 Å². The van der Waals surface area contributed by atoms with Crippen molar-refractivity contribution in [2.75, 3.05) is 13.1 Å². The number of hydrogen-bond donors (Lipinski definition) is 0. The lowest BCUT2D eigenvalue weighted by Crippen LogP contribution is -2.32. The van der Waals surface area contributed by atoms with E-state index < -0.39 is 25.9 Å². The summed E-state index contributed by atoms with van der Waals surface area (Å²) < 4.78 is 25.4. The molecule has 1 saturated heterocycles. The van der Waals surface area contributed by atoms with Crippen molar-refractivity contribution in [3.63, 3.8) is 0 Å². The van der Waals surface area contributed by atoms with Gasteiger partial charge in [-0.25, -0.2) is 8.42 Å². The van der Waals surface area contributed by atoms with Crippen LogP contribution in [0.15, 0.2) is 53.4 Å². The highest BCUT2D eigenvalue weighted by atomic mass is 35.5. The monoisotopic (exact) mass is 394 g/mol. The van der Waals surface area contributed by atoms with Crippen molar-refractivity contribution in [1.82, 2.24) is 4.90 Å². The van der Waals surface area contributed by atoms with Gasteiger partial charge in [-0.15, -0.1) is 0 Å². The lowest BCUT2D eigenvalue weighted by atomic mass is 10.2. The van der Waals surface area contributed by atoms with Gasteiger partial charge in [0.05, 0.1) is 25.7 Å². The first-order valence-electron chi connectivity index (χ1n) is 7.83. The minimum Gasteiger partial charge on any atom is -0.337 e.